The maximum atomic E-state index is 13.6. The number of piperidine rings is 1. The van der Waals surface area contributed by atoms with E-state index in [1.54, 1.807) is 28.8 Å². The lowest BCUT2D eigenvalue weighted by atomic mass is 10.0. The van der Waals surface area contributed by atoms with Crippen molar-refractivity contribution in [3.63, 3.8) is 0 Å². The van der Waals surface area contributed by atoms with Gasteiger partial charge in [0.15, 0.2) is 0 Å². The molecule has 0 atom stereocenters. The number of aromatic nitrogens is 3. The molecule has 4 rings (SSSR count). The van der Waals surface area contributed by atoms with Crippen LogP contribution in [0.2, 0.25) is 0 Å². The number of thioether (sulfide) groups is 1. The van der Waals surface area contributed by atoms with E-state index in [1.165, 1.54) is 0 Å². The first-order chi connectivity index (χ1) is 14.2. The van der Waals surface area contributed by atoms with Gasteiger partial charge in [-0.15, -0.1) is 16.9 Å². The minimum absolute atomic E-state index is 0.0444. The highest BCUT2D eigenvalue weighted by Crippen LogP contribution is 2.29. The molecular formula is C22H25N5OS. The molecule has 1 saturated heterocycles. The van der Waals surface area contributed by atoms with Gasteiger partial charge in [0.1, 0.15) is 0 Å². The van der Waals surface area contributed by atoms with Crippen molar-refractivity contribution in [1.29, 1.82) is 0 Å². The summed E-state index contributed by atoms with van der Waals surface area (Å²) in [6.07, 6.45) is 7.43. The average Bonchev–Trinajstić information content (AvgIpc) is 3.30. The van der Waals surface area contributed by atoms with Gasteiger partial charge >= 0.3 is 0 Å². The second kappa shape index (κ2) is 8.80. The molecule has 1 aliphatic rings. The molecule has 0 saturated carbocycles. The Bertz CT molecular complexity index is 950. The standard InChI is InChI=1S/C22H25N5OS/c1-25-13-10-19(11-14-25)27(20-4-3-5-21(16-20)29-2)22(28)17-6-8-18(9-7-17)26-15-12-23-24-26/h3-9,12,15-16,19H,10-11,13-14H2,1-2H3. The number of hydrogen-bond acceptors (Lipinski definition) is 5. The molecule has 0 unspecified atom stereocenters. The number of rotatable bonds is 5. The van der Waals surface area contributed by atoms with Gasteiger partial charge in [-0.3, -0.25) is 4.79 Å². The Hall–Kier alpha value is -2.64. The summed E-state index contributed by atoms with van der Waals surface area (Å²) in [4.78, 5) is 19.1. The Balaban J connectivity index is 1.65. The van der Waals surface area contributed by atoms with E-state index in [4.69, 9.17) is 0 Å². The molecule has 0 spiro atoms. The van der Waals surface area contributed by atoms with Gasteiger partial charge in [0.2, 0.25) is 0 Å². The summed E-state index contributed by atoms with van der Waals surface area (Å²) < 4.78 is 1.69. The lowest BCUT2D eigenvalue weighted by Gasteiger charge is -2.37. The molecule has 1 fully saturated rings. The summed E-state index contributed by atoms with van der Waals surface area (Å²) in [7, 11) is 2.14. The van der Waals surface area contributed by atoms with Crippen molar-refractivity contribution >= 4 is 23.4 Å². The third-order valence-corrected chi connectivity index (χ3v) is 6.13. The maximum Gasteiger partial charge on any atom is 0.258 e. The van der Waals surface area contributed by atoms with E-state index < -0.39 is 0 Å². The minimum Gasteiger partial charge on any atom is -0.306 e. The minimum atomic E-state index is 0.0444. The summed E-state index contributed by atoms with van der Waals surface area (Å²) in [5.41, 5.74) is 2.54. The van der Waals surface area contributed by atoms with Crippen molar-refractivity contribution in [3.05, 3.63) is 66.5 Å². The van der Waals surface area contributed by atoms with E-state index in [-0.39, 0.29) is 11.9 Å². The molecule has 0 bridgehead atoms. The van der Waals surface area contributed by atoms with Crippen molar-refractivity contribution in [2.75, 3.05) is 31.3 Å². The highest BCUT2D eigenvalue weighted by molar-refractivity contribution is 7.98. The Labute approximate surface area is 175 Å². The number of hydrogen-bond donors (Lipinski definition) is 0. The largest absolute Gasteiger partial charge is 0.306 e. The normalized spacial score (nSPS) is 15.4. The molecule has 0 aliphatic carbocycles. The first kappa shape index (κ1) is 19.7. The van der Waals surface area contributed by atoms with E-state index in [0.29, 0.717) is 5.56 Å². The second-order valence-corrected chi connectivity index (χ2v) is 8.19. The maximum absolute atomic E-state index is 13.6. The summed E-state index contributed by atoms with van der Waals surface area (Å²) in [5.74, 6) is 0.0444. The van der Waals surface area contributed by atoms with Crippen LogP contribution in [0.15, 0.2) is 65.8 Å². The van der Waals surface area contributed by atoms with Gasteiger partial charge in [0, 0.05) is 22.2 Å². The zero-order chi connectivity index (χ0) is 20.2. The fraction of sp³-hybridized carbons (Fsp3) is 0.318. The monoisotopic (exact) mass is 407 g/mol. The summed E-state index contributed by atoms with van der Waals surface area (Å²) in [6.45, 7) is 2.00. The molecule has 1 amide bonds. The number of amides is 1. The molecule has 29 heavy (non-hydrogen) atoms. The van der Waals surface area contributed by atoms with E-state index in [9.17, 15) is 4.79 Å². The SMILES string of the molecule is CSc1cccc(N(C(=O)c2ccc(-n3ccnn3)cc2)C2CCN(C)CC2)c1. The second-order valence-electron chi connectivity index (χ2n) is 7.31. The van der Waals surface area contributed by atoms with E-state index in [0.717, 1.165) is 42.2 Å². The number of benzene rings is 2. The van der Waals surface area contributed by atoms with Crippen LogP contribution in [0, 0.1) is 0 Å². The third kappa shape index (κ3) is 4.36. The van der Waals surface area contributed by atoms with E-state index in [2.05, 4.69) is 40.6 Å². The van der Waals surface area contributed by atoms with Crippen LogP contribution in [0.4, 0.5) is 5.69 Å². The lowest BCUT2D eigenvalue weighted by Crippen LogP contribution is -2.46. The molecule has 150 valence electrons. The fourth-order valence-electron chi connectivity index (χ4n) is 3.75. The Morgan fingerprint density at radius 3 is 2.55 bits per heavy atom. The smallest absolute Gasteiger partial charge is 0.258 e. The van der Waals surface area contributed by atoms with Gasteiger partial charge in [0.05, 0.1) is 18.1 Å². The topological polar surface area (TPSA) is 54.3 Å². The molecule has 2 heterocycles. The third-order valence-electron chi connectivity index (χ3n) is 5.40. The van der Waals surface area contributed by atoms with Crippen LogP contribution in [0.25, 0.3) is 5.69 Å². The van der Waals surface area contributed by atoms with Crippen molar-refractivity contribution in [2.45, 2.75) is 23.8 Å². The van der Waals surface area contributed by atoms with Crippen LogP contribution in [0.5, 0.6) is 0 Å². The first-order valence-electron chi connectivity index (χ1n) is 9.78. The van der Waals surface area contributed by atoms with Crippen LogP contribution in [0.3, 0.4) is 0 Å². The molecular weight excluding hydrogens is 382 g/mol. The van der Waals surface area contributed by atoms with Gasteiger partial charge < -0.3 is 9.80 Å². The fourth-order valence-corrected chi connectivity index (χ4v) is 4.20. The predicted octanol–water partition coefficient (Wildman–Crippen LogP) is 3.73. The number of nitrogens with zero attached hydrogens (tertiary/aromatic N) is 5. The molecule has 0 radical (unpaired) electrons. The molecule has 0 N–H and O–H groups in total. The predicted molar refractivity (Wildman–Crippen MR) is 117 cm³/mol. The molecule has 6 nitrogen and oxygen atoms in total. The average molecular weight is 408 g/mol. The highest BCUT2D eigenvalue weighted by atomic mass is 32.2. The van der Waals surface area contributed by atoms with Crippen molar-refractivity contribution in [1.82, 2.24) is 19.9 Å². The summed E-state index contributed by atoms with van der Waals surface area (Å²) >= 11 is 1.69. The zero-order valence-electron chi connectivity index (χ0n) is 16.7. The van der Waals surface area contributed by atoms with Gasteiger partial charge in [-0.25, -0.2) is 4.68 Å². The van der Waals surface area contributed by atoms with Crippen LogP contribution in [-0.4, -0.2) is 58.2 Å². The van der Waals surface area contributed by atoms with Crippen molar-refractivity contribution < 1.29 is 4.79 Å². The number of anilines is 1. The van der Waals surface area contributed by atoms with Gasteiger partial charge in [-0.2, -0.15) is 0 Å². The van der Waals surface area contributed by atoms with Gasteiger partial charge in [-0.05, 0) is 81.7 Å². The van der Waals surface area contributed by atoms with Gasteiger partial charge in [0.25, 0.3) is 5.91 Å². The lowest BCUT2D eigenvalue weighted by molar-refractivity contribution is 0.0963. The first-order valence-corrected chi connectivity index (χ1v) is 11.0. The van der Waals surface area contributed by atoms with Crippen LogP contribution in [-0.2, 0) is 0 Å². The Morgan fingerprint density at radius 2 is 1.90 bits per heavy atom. The van der Waals surface area contributed by atoms with Crippen molar-refractivity contribution in [3.8, 4) is 5.69 Å². The molecule has 7 heteroatoms. The van der Waals surface area contributed by atoms with Gasteiger partial charge in [-0.1, -0.05) is 11.3 Å². The number of likely N-dealkylation sites (tertiary alicyclic amines) is 1. The Morgan fingerprint density at radius 1 is 1.14 bits per heavy atom. The molecule has 1 aromatic heterocycles. The molecule has 3 aromatic rings. The summed E-state index contributed by atoms with van der Waals surface area (Å²) in [5, 5.41) is 7.85. The highest BCUT2D eigenvalue weighted by Gasteiger charge is 2.29. The van der Waals surface area contributed by atoms with Crippen LogP contribution < -0.4 is 4.90 Å². The molecule has 2 aromatic carbocycles. The molecule has 1 aliphatic heterocycles. The Kier molecular flexibility index (Phi) is 5.97. The van der Waals surface area contributed by atoms with E-state index >= 15 is 0 Å². The van der Waals surface area contributed by atoms with Crippen molar-refractivity contribution in [2.24, 2.45) is 0 Å². The number of carbonyl (C=O) groups is 1. The van der Waals surface area contributed by atoms with Crippen LogP contribution in [0.1, 0.15) is 23.2 Å². The number of carbonyl (C=O) groups excluding carboxylic acids is 1. The summed E-state index contributed by atoms with van der Waals surface area (Å²) in [6, 6.07) is 16.0. The van der Waals surface area contributed by atoms with Crippen LogP contribution >= 0.6 is 11.8 Å². The quantitative estimate of drug-likeness (QED) is 0.603. The van der Waals surface area contributed by atoms with E-state index in [1.807, 2.05) is 41.3 Å². The zero-order valence-corrected chi connectivity index (χ0v) is 17.5.